The van der Waals surface area contributed by atoms with Crippen LogP contribution in [-0.4, -0.2) is 17.0 Å². The van der Waals surface area contributed by atoms with Gasteiger partial charge in [0.1, 0.15) is 0 Å². The summed E-state index contributed by atoms with van der Waals surface area (Å²) in [5.74, 6) is 1.18. The molecule has 2 aliphatic rings. The zero-order valence-corrected chi connectivity index (χ0v) is 16.0. The van der Waals surface area contributed by atoms with E-state index in [1.165, 1.54) is 16.7 Å². The summed E-state index contributed by atoms with van der Waals surface area (Å²) in [6.45, 7) is 0.198. The molecule has 120 valence electrons. The van der Waals surface area contributed by atoms with Gasteiger partial charge in [-0.25, -0.2) is 0 Å². The number of carbonyl (C=O) groups excluding carboxylic acids is 1. The van der Waals surface area contributed by atoms with Crippen molar-refractivity contribution in [3.8, 4) is 11.5 Å². The molecule has 1 saturated heterocycles. The Morgan fingerprint density at radius 3 is 2.67 bits per heavy atom. The molecule has 0 spiro atoms. The lowest BCUT2D eigenvalue weighted by molar-refractivity contribution is -0.113. The quantitative estimate of drug-likeness (QED) is 0.372. The van der Waals surface area contributed by atoms with Crippen LogP contribution in [0.5, 0.6) is 11.5 Å². The first-order chi connectivity index (χ1) is 11.6. The van der Waals surface area contributed by atoms with E-state index in [1.807, 2.05) is 36.4 Å². The summed E-state index contributed by atoms with van der Waals surface area (Å²) in [7, 11) is 0. The van der Waals surface area contributed by atoms with Crippen LogP contribution in [0.1, 0.15) is 5.56 Å². The second-order valence-electron chi connectivity index (χ2n) is 5.11. The molecule has 0 atom stereocenters. The number of rotatable bonds is 2. The molecule has 2 aromatic rings. The number of nitrogens with zero attached hydrogens (tertiary/aromatic N) is 1. The van der Waals surface area contributed by atoms with Crippen molar-refractivity contribution in [1.82, 2.24) is 0 Å². The number of thioether (sulfide) groups is 1. The van der Waals surface area contributed by atoms with Crippen LogP contribution in [-0.2, 0) is 4.79 Å². The lowest BCUT2D eigenvalue weighted by Gasteiger charge is -2.14. The molecular formula is C17H10INO3S2. The number of fused-ring (bicyclic) bond motifs is 1. The number of thiocarbonyl (C=S) groups is 1. The molecule has 0 unspecified atom stereocenters. The van der Waals surface area contributed by atoms with Crippen LogP contribution in [0, 0.1) is 3.57 Å². The minimum absolute atomic E-state index is 0.123. The largest absolute Gasteiger partial charge is 0.454 e. The number of halogens is 1. The van der Waals surface area contributed by atoms with Gasteiger partial charge in [0.05, 0.1) is 10.6 Å². The fourth-order valence-corrected chi connectivity index (χ4v) is 4.08. The summed E-state index contributed by atoms with van der Waals surface area (Å²) >= 11 is 8.95. The Balaban J connectivity index is 1.65. The highest BCUT2D eigenvalue weighted by Gasteiger charge is 2.34. The van der Waals surface area contributed by atoms with E-state index in [-0.39, 0.29) is 12.7 Å². The molecule has 0 aromatic heterocycles. The average Bonchev–Trinajstić information content (AvgIpc) is 3.14. The molecule has 0 bridgehead atoms. The Morgan fingerprint density at radius 1 is 1.12 bits per heavy atom. The van der Waals surface area contributed by atoms with Crippen molar-refractivity contribution in [2.24, 2.45) is 0 Å². The molecule has 0 radical (unpaired) electrons. The van der Waals surface area contributed by atoms with Crippen LogP contribution in [0.25, 0.3) is 6.08 Å². The van der Waals surface area contributed by atoms with Gasteiger partial charge in [-0.3, -0.25) is 9.69 Å². The third-order valence-electron chi connectivity index (χ3n) is 3.58. The van der Waals surface area contributed by atoms with E-state index in [9.17, 15) is 4.79 Å². The second kappa shape index (κ2) is 6.38. The first kappa shape index (κ1) is 15.9. The lowest BCUT2D eigenvalue weighted by atomic mass is 10.2. The Hall–Kier alpha value is -1.58. The van der Waals surface area contributed by atoms with Gasteiger partial charge in [0.15, 0.2) is 15.8 Å². The highest BCUT2D eigenvalue weighted by molar-refractivity contribution is 14.1. The molecule has 0 N–H and O–H groups in total. The van der Waals surface area contributed by atoms with E-state index in [0.29, 0.717) is 26.4 Å². The van der Waals surface area contributed by atoms with Crippen molar-refractivity contribution in [2.75, 3.05) is 11.7 Å². The van der Waals surface area contributed by atoms with E-state index < -0.39 is 0 Å². The Kier molecular flexibility index (Phi) is 4.23. The Morgan fingerprint density at radius 2 is 1.88 bits per heavy atom. The van der Waals surface area contributed by atoms with Crippen LogP contribution in [0.15, 0.2) is 47.4 Å². The molecule has 4 rings (SSSR count). The SMILES string of the molecule is O=C1/C(=C/c2ccc(I)cc2)SC(=S)N1c1ccc2c(c1)OCO2. The molecule has 7 heteroatoms. The summed E-state index contributed by atoms with van der Waals surface area (Å²) < 4.78 is 12.3. The zero-order chi connectivity index (χ0) is 16.7. The summed E-state index contributed by atoms with van der Waals surface area (Å²) in [4.78, 5) is 14.9. The fraction of sp³-hybridized carbons (Fsp3) is 0.0588. The fourth-order valence-electron chi connectivity index (χ4n) is 2.43. The van der Waals surface area contributed by atoms with Crippen molar-refractivity contribution in [2.45, 2.75) is 0 Å². The highest BCUT2D eigenvalue weighted by Crippen LogP contribution is 2.40. The predicted octanol–water partition coefficient (Wildman–Crippen LogP) is 4.43. The van der Waals surface area contributed by atoms with Gasteiger partial charge in [0.25, 0.3) is 5.91 Å². The first-order valence-electron chi connectivity index (χ1n) is 7.05. The topological polar surface area (TPSA) is 38.8 Å². The molecule has 1 fully saturated rings. The van der Waals surface area contributed by atoms with Gasteiger partial charge >= 0.3 is 0 Å². The van der Waals surface area contributed by atoms with Crippen LogP contribution in [0.4, 0.5) is 5.69 Å². The van der Waals surface area contributed by atoms with Crippen LogP contribution in [0.3, 0.4) is 0 Å². The molecule has 2 aromatic carbocycles. The monoisotopic (exact) mass is 467 g/mol. The lowest BCUT2D eigenvalue weighted by Crippen LogP contribution is -2.27. The van der Waals surface area contributed by atoms with Crippen molar-refractivity contribution in [3.63, 3.8) is 0 Å². The van der Waals surface area contributed by atoms with Crippen molar-refractivity contribution in [1.29, 1.82) is 0 Å². The summed E-state index contributed by atoms with van der Waals surface area (Å²) in [6, 6.07) is 13.4. The summed E-state index contributed by atoms with van der Waals surface area (Å²) in [5.41, 5.74) is 1.66. The maximum atomic E-state index is 12.8. The first-order valence-corrected chi connectivity index (χ1v) is 9.35. The Bertz CT molecular complexity index is 880. The van der Waals surface area contributed by atoms with Crippen molar-refractivity contribution < 1.29 is 14.3 Å². The van der Waals surface area contributed by atoms with Gasteiger partial charge < -0.3 is 9.47 Å². The van der Waals surface area contributed by atoms with Gasteiger partial charge in [-0.2, -0.15) is 0 Å². The molecule has 4 nitrogen and oxygen atoms in total. The number of carbonyl (C=O) groups is 1. The van der Waals surface area contributed by atoms with Crippen molar-refractivity contribution in [3.05, 3.63) is 56.5 Å². The third-order valence-corrected chi connectivity index (χ3v) is 5.60. The van der Waals surface area contributed by atoms with Crippen LogP contribution < -0.4 is 14.4 Å². The number of amides is 1. The maximum absolute atomic E-state index is 12.8. The van der Waals surface area contributed by atoms with Gasteiger partial charge in [-0.05, 0) is 58.5 Å². The predicted molar refractivity (Wildman–Crippen MR) is 107 cm³/mol. The molecule has 2 heterocycles. The normalized spacial score (nSPS) is 17.9. The van der Waals surface area contributed by atoms with Crippen molar-refractivity contribution >= 4 is 68.6 Å². The molecule has 1 amide bonds. The third kappa shape index (κ3) is 2.91. The molecule has 24 heavy (non-hydrogen) atoms. The van der Waals surface area contributed by atoms with E-state index in [4.69, 9.17) is 21.7 Å². The molecule has 2 aliphatic heterocycles. The molecule has 0 saturated carbocycles. The second-order valence-corrected chi connectivity index (χ2v) is 8.03. The zero-order valence-electron chi connectivity index (χ0n) is 12.2. The van der Waals surface area contributed by atoms with E-state index in [2.05, 4.69) is 22.6 Å². The molecule has 0 aliphatic carbocycles. The van der Waals surface area contributed by atoms with E-state index in [0.717, 1.165) is 9.13 Å². The van der Waals surface area contributed by atoms with Gasteiger partial charge in [-0.1, -0.05) is 36.1 Å². The number of anilines is 1. The maximum Gasteiger partial charge on any atom is 0.270 e. The summed E-state index contributed by atoms with van der Waals surface area (Å²) in [5, 5.41) is 0. The Labute approximate surface area is 162 Å². The smallest absolute Gasteiger partial charge is 0.270 e. The number of hydrogen-bond acceptors (Lipinski definition) is 5. The van der Waals surface area contributed by atoms with E-state index >= 15 is 0 Å². The van der Waals surface area contributed by atoms with Gasteiger partial charge in [0.2, 0.25) is 6.79 Å². The standard InChI is InChI=1S/C17H10INO3S2/c18-11-3-1-10(2-4-11)7-15-16(20)19(17(23)24-15)12-5-6-13-14(8-12)22-9-21-13/h1-8H,9H2/b15-7-. The average molecular weight is 467 g/mol. The number of ether oxygens (including phenoxy) is 2. The number of benzene rings is 2. The minimum Gasteiger partial charge on any atom is -0.454 e. The number of hydrogen-bond donors (Lipinski definition) is 0. The summed E-state index contributed by atoms with van der Waals surface area (Å²) in [6.07, 6.45) is 1.86. The van der Waals surface area contributed by atoms with Gasteiger partial charge in [0, 0.05) is 9.64 Å². The minimum atomic E-state index is -0.123. The van der Waals surface area contributed by atoms with Crippen LogP contribution >= 0.6 is 46.6 Å². The highest BCUT2D eigenvalue weighted by atomic mass is 127. The van der Waals surface area contributed by atoms with E-state index in [1.54, 1.807) is 12.1 Å². The van der Waals surface area contributed by atoms with Gasteiger partial charge in [-0.15, -0.1) is 0 Å². The van der Waals surface area contributed by atoms with Crippen LogP contribution in [0.2, 0.25) is 0 Å². The molecular weight excluding hydrogens is 457 g/mol.